The van der Waals surface area contributed by atoms with E-state index in [1.54, 1.807) is 25.1 Å². The number of aliphatic hydroxyl groups excluding tert-OH is 2. The van der Waals surface area contributed by atoms with Crippen LogP contribution in [-0.2, 0) is 16.0 Å². The number of aromatic hydroxyl groups is 1. The SMILES string of the molecule is CN(C)[C@@H]1C(O)C(C(N)=O)C(=O)[C@@]2(O)C(O)=C3C(=O)c4c(O)ccc(C5CNNC5)c4C[C@H]3C[C@@H]12. The summed E-state index contributed by atoms with van der Waals surface area (Å²) in [6, 6.07) is 2.35. The molecule has 35 heavy (non-hydrogen) atoms. The molecule has 5 rings (SSSR count). The predicted molar refractivity (Wildman–Crippen MR) is 122 cm³/mol. The van der Waals surface area contributed by atoms with Crippen molar-refractivity contribution >= 4 is 17.5 Å². The van der Waals surface area contributed by atoms with E-state index in [9.17, 15) is 34.8 Å². The molecule has 1 heterocycles. The number of benzene rings is 1. The van der Waals surface area contributed by atoms with E-state index in [2.05, 4.69) is 10.9 Å². The van der Waals surface area contributed by atoms with Gasteiger partial charge in [0.1, 0.15) is 17.4 Å². The monoisotopic (exact) mass is 486 g/mol. The summed E-state index contributed by atoms with van der Waals surface area (Å²) >= 11 is 0. The van der Waals surface area contributed by atoms with Crippen molar-refractivity contribution in [3.63, 3.8) is 0 Å². The second kappa shape index (κ2) is 8.10. The van der Waals surface area contributed by atoms with Gasteiger partial charge in [0, 0.05) is 36.5 Å². The van der Waals surface area contributed by atoms with Gasteiger partial charge in [-0.2, -0.15) is 0 Å². The van der Waals surface area contributed by atoms with Crippen LogP contribution in [-0.4, -0.2) is 87.7 Å². The van der Waals surface area contributed by atoms with Crippen LogP contribution in [0.2, 0.25) is 0 Å². The van der Waals surface area contributed by atoms with Crippen LogP contribution in [0.4, 0.5) is 0 Å². The number of nitrogens with one attached hydrogen (secondary N) is 2. The number of primary amides is 1. The third-order valence-electron chi connectivity index (χ3n) is 8.28. The number of ketones is 2. The number of nitrogens with zero attached hydrogens (tertiary/aromatic N) is 1. The Morgan fingerprint density at radius 3 is 2.40 bits per heavy atom. The van der Waals surface area contributed by atoms with E-state index in [-0.39, 0.29) is 29.2 Å². The molecule has 3 aliphatic carbocycles. The highest BCUT2D eigenvalue weighted by molar-refractivity contribution is 6.15. The lowest BCUT2D eigenvalue weighted by atomic mass is 9.55. The summed E-state index contributed by atoms with van der Waals surface area (Å²) < 4.78 is 0. The molecule has 2 fully saturated rings. The molecule has 11 nitrogen and oxygen atoms in total. The summed E-state index contributed by atoms with van der Waals surface area (Å²) in [6.45, 7) is 1.29. The lowest BCUT2D eigenvalue weighted by Gasteiger charge is -2.53. The van der Waals surface area contributed by atoms with Crippen LogP contribution in [0.3, 0.4) is 0 Å². The second-order valence-corrected chi connectivity index (χ2v) is 10.3. The molecule has 1 amide bonds. The number of hydrazine groups is 1. The van der Waals surface area contributed by atoms with Crippen LogP contribution in [0.5, 0.6) is 5.75 Å². The number of aliphatic hydroxyl groups is 3. The van der Waals surface area contributed by atoms with Gasteiger partial charge in [-0.3, -0.25) is 25.2 Å². The fourth-order valence-electron chi connectivity index (χ4n) is 6.69. The second-order valence-electron chi connectivity index (χ2n) is 10.3. The molecule has 1 saturated heterocycles. The number of amides is 1. The van der Waals surface area contributed by atoms with Crippen molar-refractivity contribution in [3.05, 3.63) is 40.2 Å². The molecule has 1 saturated carbocycles. The maximum atomic E-state index is 13.7. The van der Waals surface area contributed by atoms with Gasteiger partial charge in [0.15, 0.2) is 17.2 Å². The summed E-state index contributed by atoms with van der Waals surface area (Å²) in [7, 11) is 3.27. The zero-order valence-corrected chi connectivity index (χ0v) is 19.5. The zero-order chi connectivity index (χ0) is 25.4. The molecule has 1 aromatic rings. The van der Waals surface area contributed by atoms with Crippen molar-refractivity contribution in [2.45, 2.75) is 36.5 Å². The largest absolute Gasteiger partial charge is 0.508 e. The number of hydrogen-bond donors (Lipinski definition) is 7. The highest BCUT2D eigenvalue weighted by atomic mass is 16.3. The van der Waals surface area contributed by atoms with Crippen LogP contribution < -0.4 is 16.6 Å². The lowest BCUT2D eigenvalue weighted by molar-refractivity contribution is -0.178. The number of phenols is 1. The van der Waals surface area contributed by atoms with Crippen molar-refractivity contribution in [3.8, 4) is 5.75 Å². The Morgan fingerprint density at radius 2 is 1.80 bits per heavy atom. The molecule has 4 aliphatic rings. The summed E-state index contributed by atoms with van der Waals surface area (Å²) in [6.07, 6.45) is -1.08. The van der Waals surface area contributed by atoms with Crippen LogP contribution in [0.15, 0.2) is 23.5 Å². The van der Waals surface area contributed by atoms with Crippen LogP contribution in [0, 0.1) is 17.8 Å². The average Bonchev–Trinajstić information content (AvgIpc) is 3.30. The van der Waals surface area contributed by atoms with Gasteiger partial charge in [-0.05, 0) is 50.0 Å². The molecule has 8 N–H and O–H groups in total. The number of nitrogens with two attached hydrogens (primary N) is 1. The Bertz CT molecular complexity index is 1160. The van der Waals surface area contributed by atoms with Crippen molar-refractivity contribution < 1.29 is 34.8 Å². The summed E-state index contributed by atoms with van der Waals surface area (Å²) in [5.41, 5.74) is 10.4. The highest BCUT2D eigenvalue weighted by Gasteiger charge is 2.66. The summed E-state index contributed by atoms with van der Waals surface area (Å²) in [4.78, 5) is 40.7. The smallest absolute Gasteiger partial charge is 0.230 e. The van der Waals surface area contributed by atoms with E-state index in [1.807, 2.05) is 0 Å². The Balaban J connectivity index is 1.69. The number of Topliss-reactive ketones (excluding diaryl/α,β-unsaturated/α-hetero) is 2. The lowest BCUT2D eigenvalue weighted by Crippen LogP contribution is -2.71. The van der Waals surface area contributed by atoms with Crippen molar-refractivity contribution in [2.75, 3.05) is 27.2 Å². The number of fused-ring (bicyclic) bond motifs is 3. The first-order valence-electron chi connectivity index (χ1n) is 11.7. The molecule has 6 atom stereocenters. The molecular formula is C24H30N4O7. The van der Waals surface area contributed by atoms with Gasteiger partial charge in [0.25, 0.3) is 0 Å². The van der Waals surface area contributed by atoms with E-state index in [1.165, 1.54) is 6.07 Å². The molecule has 1 aromatic carbocycles. The van der Waals surface area contributed by atoms with E-state index >= 15 is 0 Å². The fourth-order valence-corrected chi connectivity index (χ4v) is 6.69. The molecule has 2 unspecified atom stereocenters. The van der Waals surface area contributed by atoms with E-state index in [0.717, 1.165) is 5.56 Å². The summed E-state index contributed by atoms with van der Waals surface area (Å²) in [5, 5.41) is 44.5. The van der Waals surface area contributed by atoms with Gasteiger partial charge in [0.2, 0.25) is 5.91 Å². The Labute approximate surface area is 201 Å². The van der Waals surface area contributed by atoms with Crippen molar-refractivity contribution in [2.24, 2.45) is 23.5 Å². The third-order valence-corrected chi connectivity index (χ3v) is 8.28. The van der Waals surface area contributed by atoms with E-state index in [0.29, 0.717) is 25.1 Å². The topological polar surface area (TPSA) is 185 Å². The molecule has 188 valence electrons. The van der Waals surface area contributed by atoms with Gasteiger partial charge in [-0.1, -0.05) is 6.07 Å². The van der Waals surface area contributed by atoms with E-state index < -0.39 is 58.7 Å². The van der Waals surface area contributed by atoms with Gasteiger partial charge >= 0.3 is 0 Å². The molecule has 0 spiro atoms. The molecule has 0 bridgehead atoms. The van der Waals surface area contributed by atoms with Crippen LogP contribution in [0.1, 0.15) is 33.8 Å². The number of phenolic OH excluding ortho intramolecular Hbond substituents is 1. The normalized spacial score (nSPS) is 35.2. The Kier molecular flexibility index (Phi) is 5.53. The minimum atomic E-state index is -2.57. The number of hydrogen-bond acceptors (Lipinski definition) is 10. The first kappa shape index (κ1) is 23.9. The highest BCUT2D eigenvalue weighted by Crippen LogP contribution is 2.53. The number of carbonyl (C=O) groups excluding carboxylic acids is 3. The molecule has 0 aromatic heterocycles. The van der Waals surface area contributed by atoms with Gasteiger partial charge in [-0.15, -0.1) is 0 Å². The van der Waals surface area contributed by atoms with Crippen LogP contribution in [0.25, 0.3) is 0 Å². The Hall–Kier alpha value is -2.83. The summed E-state index contributed by atoms with van der Waals surface area (Å²) in [5.74, 6) is -7.20. The minimum absolute atomic E-state index is 0.0492. The maximum absolute atomic E-state index is 13.7. The van der Waals surface area contributed by atoms with Gasteiger partial charge in [-0.25, -0.2) is 0 Å². The maximum Gasteiger partial charge on any atom is 0.230 e. The molecule has 1 aliphatic heterocycles. The number of rotatable bonds is 3. The Morgan fingerprint density at radius 1 is 1.14 bits per heavy atom. The molecular weight excluding hydrogens is 456 g/mol. The molecule has 11 heteroatoms. The quantitative estimate of drug-likeness (QED) is 0.247. The molecule has 0 radical (unpaired) electrons. The van der Waals surface area contributed by atoms with Gasteiger partial charge in [0.05, 0.1) is 11.7 Å². The average molecular weight is 487 g/mol. The fraction of sp³-hybridized carbons (Fsp3) is 0.542. The first-order valence-corrected chi connectivity index (χ1v) is 11.7. The minimum Gasteiger partial charge on any atom is -0.508 e. The number of likely N-dealkylation sites (N-methyl/N-ethyl adjacent to an activating group) is 1. The first-order chi connectivity index (χ1) is 16.5. The van der Waals surface area contributed by atoms with Gasteiger partial charge < -0.3 is 31.1 Å². The predicted octanol–water partition coefficient (Wildman–Crippen LogP) is -1.52. The number of allylic oxidation sites excluding steroid dienone is 1. The van der Waals surface area contributed by atoms with E-state index in [4.69, 9.17) is 5.73 Å². The number of carbonyl (C=O) groups is 3. The van der Waals surface area contributed by atoms with Crippen molar-refractivity contribution in [1.82, 2.24) is 15.8 Å². The van der Waals surface area contributed by atoms with Crippen LogP contribution >= 0.6 is 0 Å². The van der Waals surface area contributed by atoms with Crippen molar-refractivity contribution in [1.29, 1.82) is 0 Å². The zero-order valence-electron chi connectivity index (χ0n) is 19.5. The third kappa shape index (κ3) is 3.19. The standard InChI is InChI=1S/C24H30N4O7/c1-28(2)18-13-6-9-5-12-11(10-7-26-27-8-10)3-4-14(29)16(12)19(30)15(9)21(32)24(13,35)22(33)17(20(18)31)23(25)34/h3-4,9-10,13,17-18,20,26-27,29,31-32,35H,5-8H2,1-2H3,(H2,25,34)/t9-,13-,17?,18-,20?,24-/m0/s1.